The van der Waals surface area contributed by atoms with E-state index in [1.807, 2.05) is 85.5 Å². The van der Waals surface area contributed by atoms with E-state index in [0.29, 0.717) is 19.3 Å². The average molecular weight is 411 g/mol. The van der Waals surface area contributed by atoms with Crippen LogP contribution in [0.3, 0.4) is 0 Å². The monoisotopic (exact) mass is 411 g/mol. The van der Waals surface area contributed by atoms with Gasteiger partial charge in [0, 0.05) is 23.5 Å². The second-order valence-corrected chi connectivity index (χ2v) is 8.35. The fourth-order valence-corrected chi connectivity index (χ4v) is 3.82. The third-order valence-electron chi connectivity index (χ3n) is 4.88. The van der Waals surface area contributed by atoms with Gasteiger partial charge in [0.2, 0.25) is 5.91 Å². The summed E-state index contributed by atoms with van der Waals surface area (Å²) in [5.41, 5.74) is -0.878. The Morgan fingerprint density at radius 3 is 1.85 bits per heavy atom. The number of amides is 1. The average Bonchev–Trinajstić information content (AvgIpc) is 3.26. The first kappa shape index (κ1) is 24.9. The Bertz CT molecular complexity index is 418. The van der Waals surface area contributed by atoms with E-state index in [1.165, 1.54) is 11.0 Å². The number of carbonyl (C=O) groups excluding carboxylic acids is 1. The minimum atomic E-state index is -0.439. The van der Waals surface area contributed by atoms with E-state index >= 15 is 0 Å². The maximum atomic E-state index is 12.3. The molecule has 0 spiro atoms. The third kappa shape index (κ3) is 8.04. The van der Waals surface area contributed by atoms with Gasteiger partial charge in [-0.2, -0.15) is 0 Å². The van der Waals surface area contributed by atoms with Crippen LogP contribution in [0.1, 0.15) is 53.4 Å². The van der Waals surface area contributed by atoms with Crippen LogP contribution < -0.4 is 5.32 Å². The van der Waals surface area contributed by atoms with Gasteiger partial charge in [-0.05, 0) is 111 Å². The van der Waals surface area contributed by atoms with Gasteiger partial charge < -0.3 is 5.32 Å². The Morgan fingerprint density at radius 1 is 0.963 bits per heavy atom. The van der Waals surface area contributed by atoms with Crippen molar-refractivity contribution in [2.45, 2.75) is 70.5 Å². The molecule has 4 nitrogen and oxygen atoms in total. The van der Waals surface area contributed by atoms with E-state index in [4.69, 9.17) is 0 Å². The zero-order valence-electron chi connectivity index (χ0n) is 16.7. The van der Waals surface area contributed by atoms with Crippen LogP contribution in [0.25, 0.3) is 0 Å². The SMILES string of the molecule is CC1(C)CC(NC(=O)CC[C]2[CH][CH][CH][CH]2)CC(C)(C)N1[O].[CH]1[CH][CH][CH][CH]1.[Fe+2]. The Hall–Kier alpha value is -0.0905. The van der Waals surface area contributed by atoms with Crippen molar-refractivity contribution in [2.24, 2.45) is 0 Å². The van der Waals surface area contributed by atoms with Gasteiger partial charge in [-0.3, -0.25) is 4.79 Å². The zero-order valence-corrected chi connectivity index (χ0v) is 17.8. The van der Waals surface area contributed by atoms with Crippen molar-refractivity contribution in [3.63, 3.8) is 0 Å². The Morgan fingerprint density at radius 2 is 1.41 bits per heavy atom. The maximum Gasteiger partial charge on any atom is 2.00 e. The molecule has 1 aliphatic heterocycles. The first-order valence-electron chi connectivity index (χ1n) is 9.35. The molecular formula is C22H31FeN2O2+2. The van der Waals surface area contributed by atoms with Crippen molar-refractivity contribution in [1.82, 2.24) is 10.4 Å². The zero-order chi connectivity index (χ0) is 19.2. The summed E-state index contributed by atoms with van der Waals surface area (Å²) in [7, 11) is 0. The van der Waals surface area contributed by atoms with Crippen LogP contribution in [0.15, 0.2) is 0 Å². The molecule has 0 aromatic rings. The minimum absolute atomic E-state index is 0. The molecule has 0 aromatic heterocycles. The Kier molecular flexibility index (Phi) is 10.3. The molecule has 11 radical (unpaired) electrons. The number of piperidine rings is 1. The van der Waals surface area contributed by atoms with Crippen LogP contribution in [-0.4, -0.2) is 28.1 Å². The molecule has 2 aliphatic carbocycles. The van der Waals surface area contributed by atoms with Crippen LogP contribution in [0.5, 0.6) is 0 Å². The largest absolute Gasteiger partial charge is 2.00 e. The summed E-state index contributed by atoms with van der Waals surface area (Å²) >= 11 is 0. The molecule has 1 heterocycles. The van der Waals surface area contributed by atoms with Gasteiger partial charge in [0.25, 0.3) is 0 Å². The van der Waals surface area contributed by atoms with Crippen LogP contribution >= 0.6 is 0 Å². The van der Waals surface area contributed by atoms with Crippen molar-refractivity contribution in [2.75, 3.05) is 0 Å². The van der Waals surface area contributed by atoms with E-state index in [1.54, 1.807) is 0 Å². The molecule has 27 heavy (non-hydrogen) atoms. The van der Waals surface area contributed by atoms with E-state index in [-0.39, 0.29) is 29.0 Å². The summed E-state index contributed by atoms with van der Waals surface area (Å²) in [6.45, 7) is 7.79. The van der Waals surface area contributed by atoms with Crippen molar-refractivity contribution in [3.05, 3.63) is 63.7 Å². The smallest absolute Gasteiger partial charge is 0.353 e. The fourth-order valence-electron chi connectivity index (χ4n) is 3.82. The van der Waals surface area contributed by atoms with Crippen LogP contribution in [0.4, 0.5) is 0 Å². The van der Waals surface area contributed by atoms with Crippen LogP contribution in [-0.2, 0) is 27.1 Å². The summed E-state index contributed by atoms with van der Waals surface area (Å²) in [5.74, 6) is 1.27. The van der Waals surface area contributed by atoms with E-state index in [2.05, 4.69) is 5.32 Å². The number of nitrogens with zero attached hydrogens (tertiary/aromatic N) is 1. The summed E-state index contributed by atoms with van der Waals surface area (Å²) in [6.07, 6.45) is 20.7. The molecule has 0 unspecified atom stereocenters. The number of hydrogen-bond donors (Lipinski definition) is 1. The predicted molar refractivity (Wildman–Crippen MR) is 103 cm³/mol. The van der Waals surface area contributed by atoms with Gasteiger partial charge in [-0.25, -0.2) is 0 Å². The van der Waals surface area contributed by atoms with Gasteiger partial charge in [-0.1, -0.05) is 0 Å². The maximum absolute atomic E-state index is 12.3. The molecule has 1 amide bonds. The van der Waals surface area contributed by atoms with Crippen molar-refractivity contribution in [3.8, 4) is 0 Å². The molecular weight excluding hydrogens is 380 g/mol. The molecule has 0 atom stereocenters. The third-order valence-corrected chi connectivity index (χ3v) is 4.88. The molecule has 3 fully saturated rings. The van der Waals surface area contributed by atoms with E-state index in [0.717, 1.165) is 6.42 Å². The summed E-state index contributed by atoms with van der Waals surface area (Å²) in [5, 5.41) is 16.6. The second kappa shape index (κ2) is 11.2. The fraction of sp³-hybridized carbons (Fsp3) is 0.500. The molecule has 3 aliphatic rings. The van der Waals surface area contributed by atoms with Crippen LogP contribution in [0.2, 0.25) is 0 Å². The molecule has 1 N–H and O–H groups in total. The molecule has 147 valence electrons. The van der Waals surface area contributed by atoms with Gasteiger partial charge in [0.05, 0.1) is 0 Å². The van der Waals surface area contributed by atoms with Gasteiger partial charge in [-0.15, -0.1) is 10.3 Å². The van der Waals surface area contributed by atoms with Crippen LogP contribution in [0, 0.1) is 63.7 Å². The van der Waals surface area contributed by atoms with Crippen molar-refractivity contribution in [1.29, 1.82) is 0 Å². The molecule has 0 bridgehead atoms. The van der Waals surface area contributed by atoms with Gasteiger partial charge in [0.15, 0.2) is 0 Å². The molecule has 0 aromatic carbocycles. The molecule has 1 saturated heterocycles. The van der Waals surface area contributed by atoms with Crippen molar-refractivity contribution < 1.29 is 27.1 Å². The first-order valence-corrected chi connectivity index (χ1v) is 9.35. The number of hydroxylamine groups is 2. The predicted octanol–water partition coefficient (Wildman–Crippen LogP) is 3.67. The summed E-state index contributed by atoms with van der Waals surface area (Å²) in [6, 6.07) is 0.0763. The van der Waals surface area contributed by atoms with Gasteiger partial charge >= 0.3 is 17.1 Å². The van der Waals surface area contributed by atoms with Gasteiger partial charge in [0.1, 0.15) is 0 Å². The van der Waals surface area contributed by atoms with E-state index in [9.17, 15) is 10.0 Å². The first-order chi connectivity index (χ1) is 12.2. The minimum Gasteiger partial charge on any atom is -0.353 e. The second-order valence-electron chi connectivity index (χ2n) is 8.35. The Labute approximate surface area is 177 Å². The number of rotatable bonds is 4. The number of carbonyl (C=O) groups is 1. The summed E-state index contributed by atoms with van der Waals surface area (Å²) < 4.78 is 0. The molecule has 5 heteroatoms. The molecule has 2 saturated carbocycles. The van der Waals surface area contributed by atoms with E-state index < -0.39 is 11.1 Å². The summed E-state index contributed by atoms with van der Waals surface area (Å²) in [4.78, 5) is 12.1. The normalized spacial score (nSPS) is 25.4. The quantitative estimate of drug-likeness (QED) is 0.718. The standard InChI is InChI=1S/C17H26N2O2.C5H5.Fe/c1-16(2)11-14(12-17(3,4)19(16)21)18-15(20)10-9-13-7-5-6-8-13;1-2-4-5-3-1;/h5-8,14H,9-12H2,1-4H3,(H,18,20);1-5H;/q;;+2. The topological polar surface area (TPSA) is 52.2 Å². The number of hydrogen-bond acceptors (Lipinski definition) is 2. The van der Waals surface area contributed by atoms with Crippen molar-refractivity contribution >= 4 is 5.91 Å². The molecule has 3 rings (SSSR count). The number of nitrogens with one attached hydrogen (secondary N) is 1. The Balaban J connectivity index is 0.000000526.